The molecule has 1 N–H and O–H groups in total. The van der Waals surface area contributed by atoms with Gasteiger partial charge in [-0.2, -0.15) is 0 Å². The number of piperazine rings is 1. The topological polar surface area (TPSA) is 59.9 Å². The molecule has 152 valence electrons. The van der Waals surface area contributed by atoms with Crippen LogP contribution in [0.1, 0.15) is 26.7 Å². The number of nitrogens with zero attached hydrogens (tertiary/aromatic N) is 6. The number of aliphatic imine (C=N–C) groups is 1. The highest BCUT2D eigenvalue weighted by atomic mass is 127. The van der Waals surface area contributed by atoms with Gasteiger partial charge >= 0.3 is 0 Å². The van der Waals surface area contributed by atoms with Gasteiger partial charge in [0.25, 0.3) is 0 Å². The minimum Gasteiger partial charge on any atom is -0.357 e. The summed E-state index contributed by atoms with van der Waals surface area (Å²) in [7, 11) is 0. The van der Waals surface area contributed by atoms with E-state index in [1.165, 1.54) is 32.5 Å². The van der Waals surface area contributed by atoms with Crippen LogP contribution in [0.4, 0.5) is 5.95 Å². The van der Waals surface area contributed by atoms with Crippen LogP contribution in [0.15, 0.2) is 23.5 Å². The molecule has 2 fully saturated rings. The van der Waals surface area contributed by atoms with Gasteiger partial charge in [-0.25, -0.2) is 9.97 Å². The van der Waals surface area contributed by atoms with Gasteiger partial charge in [0.2, 0.25) is 5.95 Å². The summed E-state index contributed by atoms with van der Waals surface area (Å²) >= 11 is 0. The van der Waals surface area contributed by atoms with E-state index in [1.54, 1.807) is 0 Å². The molecule has 0 spiro atoms. The lowest BCUT2D eigenvalue weighted by atomic mass is 10.1. The van der Waals surface area contributed by atoms with E-state index < -0.39 is 0 Å². The van der Waals surface area contributed by atoms with Crippen molar-refractivity contribution < 1.29 is 0 Å². The van der Waals surface area contributed by atoms with Crippen molar-refractivity contribution in [2.45, 2.75) is 26.7 Å². The summed E-state index contributed by atoms with van der Waals surface area (Å²) < 4.78 is 0. The molecule has 2 aliphatic rings. The second-order valence-electron chi connectivity index (χ2n) is 7.17. The van der Waals surface area contributed by atoms with Crippen molar-refractivity contribution >= 4 is 35.9 Å². The van der Waals surface area contributed by atoms with Gasteiger partial charge in [-0.15, -0.1) is 24.0 Å². The highest BCUT2D eigenvalue weighted by molar-refractivity contribution is 14.0. The average Bonchev–Trinajstić information content (AvgIpc) is 3.14. The zero-order valence-electron chi connectivity index (χ0n) is 16.7. The van der Waals surface area contributed by atoms with Crippen molar-refractivity contribution in [2.75, 3.05) is 63.8 Å². The van der Waals surface area contributed by atoms with E-state index in [4.69, 9.17) is 4.99 Å². The SMILES string of the molecule is CCCN1CCC(CN=C(NCC)N2CCN(c3ncccn3)CC2)C1.I. The number of halogens is 1. The molecule has 1 aromatic rings. The summed E-state index contributed by atoms with van der Waals surface area (Å²) in [5.74, 6) is 2.60. The molecular formula is C19H34IN7. The Morgan fingerprint density at radius 1 is 1.15 bits per heavy atom. The molecule has 3 rings (SSSR count). The van der Waals surface area contributed by atoms with E-state index >= 15 is 0 Å². The zero-order chi connectivity index (χ0) is 18.2. The lowest BCUT2D eigenvalue weighted by molar-refractivity contribution is 0.325. The Hall–Kier alpha value is -1.16. The summed E-state index contributed by atoms with van der Waals surface area (Å²) in [5, 5.41) is 3.48. The molecule has 1 unspecified atom stereocenters. The fraction of sp³-hybridized carbons (Fsp3) is 0.737. The Morgan fingerprint density at radius 2 is 1.89 bits per heavy atom. The van der Waals surface area contributed by atoms with Gasteiger partial charge in [0.1, 0.15) is 0 Å². The molecule has 7 nitrogen and oxygen atoms in total. The summed E-state index contributed by atoms with van der Waals surface area (Å²) in [6.45, 7) is 13.7. The maximum atomic E-state index is 4.97. The molecule has 2 aliphatic heterocycles. The number of rotatable bonds is 6. The standard InChI is InChI=1S/C19H33N7.HI/c1-3-9-24-10-6-17(16-24)15-23-18(20-4-2)25-11-13-26(14-12-25)19-21-7-5-8-22-19;/h5,7-8,17H,3-4,6,9-16H2,1-2H3,(H,20,23);1H. The summed E-state index contributed by atoms with van der Waals surface area (Å²) in [6, 6.07) is 1.86. The van der Waals surface area contributed by atoms with E-state index in [0.717, 1.165) is 51.2 Å². The van der Waals surface area contributed by atoms with Crippen LogP contribution >= 0.6 is 24.0 Å². The molecule has 0 amide bonds. The maximum Gasteiger partial charge on any atom is 0.225 e. The molecule has 1 aromatic heterocycles. The fourth-order valence-electron chi connectivity index (χ4n) is 3.80. The molecule has 0 radical (unpaired) electrons. The number of anilines is 1. The molecule has 0 aliphatic carbocycles. The summed E-state index contributed by atoms with van der Waals surface area (Å²) in [4.78, 5) is 20.9. The van der Waals surface area contributed by atoms with Crippen LogP contribution < -0.4 is 10.2 Å². The minimum atomic E-state index is 0. The maximum absolute atomic E-state index is 4.97. The highest BCUT2D eigenvalue weighted by Gasteiger charge is 2.24. The van der Waals surface area contributed by atoms with Crippen molar-refractivity contribution in [1.29, 1.82) is 0 Å². The molecule has 27 heavy (non-hydrogen) atoms. The molecule has 2 saturated heterocycles. The number of aromatic nitrogens is 2. The van der Waals surface area contributed by atoms with Crippen LogP contribution in [0.2, 0.25) is 0 Å². The largest absolute Gasteiger partial charge is 0.357 e. The Bertz CT molecular complexity index is 560. The third kappa shape index (κ3) is 6.44. The molecule has 0 saturated carbocycles. The van der Waals surface area contributed by atoms with Crippen LogP contribution in [-0.2, 0) is 0 Å². The van der Waals surface area contributed by atoms with Crippen LogP contribution in [0, 0.1) is 5.92 Å². The smallest absolute Gasteiger partial charge is 0.225 e. The van der Waals surface area contributed by atoms with Gasteiger partial charge in [0, 0.05) is 58.2 Å². The summed E-state index contributed by atoms with van der Waals surface area (Å²) in [6.07, 6.45) is 6.14. The van der Waals surface area contributed by atoms with Gasteiger partial charge in [0.05, 0.1) is 0 Å². The average molecular weight is 487 g/mol. The van der Waals surface area contributed by atoms with Crippen molar-refractivity contribution in [3.8, 4) is 0 Å². The first-order valence-corrected chi connectivity index (χ1v) is 10.1. The van der Waals surface area contributed by atoms with E-state index in [9.17, 15) is 0 Å². The third-order valence-corrected chi connectivity index (χ3v) is 5.16. The van der Waals surface area contributed by atoms with Crippen molar-refractivity contribution in [1.82, 2.24) is 25.1 Å². The van der Waals surface area contributed by atoms with Crippen molar-refractivity contribution in [3.05, 3.63) is 18.5 Å². The Kier molecular flexibility index (Phi) is 9.53. The lowest BCUT2D eigenvalue weighted by Gasteiger charge is -2.36. The molecular weight excluding hydrogens is 453 g/mol. The Balaban J connectivity index is 0.00000261. The minimum absolute atomic E-state index is 0. The van der Waals surface area contributed by atoms with Crippen molar-refractivity contribution in [3.63, 3.8) is 0 Å². The second-order valence-corrected chi connectivity index (χ2v) is 7.17. The molecule has 3 heterocycles. The van der Waals surface area contributed by atoms with Gasteiger partial charge in [-0.05, 0) is 44.8 Å². The highest BCUT2D eigenvalue weighted by Crippen LogP contribution is 2.17. The Morgan fingerprint density at radius 3 is 2.56 bits per heavy atom. The predicted octanol–water partition coefficient (Wildman–Crippen LogP) is 1.91. The quantitative estimate of drug-likeness (QED) is 0.376. The van der Waals surface area contributed by atoms with Gasteiger partial charge in [-0.3, -0.25) is 4.99 Å². The number of guanidine groups is 1. The first-order chi connectivity index (χ1) is 12.8. The van der Waals surface area contributed by atoms with Gasteiger partial charge in [-0.1, -0.05) is 6.92 Å². The van der Waals surface area contributed by atoms with Crippen LogP contribution in [0.3, 0.4) is 0 Å². The lowest BCUT2D eigenvalue weighted by Crippen LogP contribution is -2.53. The number of hydrogen-bond acceptors (Lipinski definition) is 5. The van der Waals surface area contributed by atoms with E-state index in [-0.39, 0.29) is 24.0 Å². The molecule has 1 atom stereocenters. The fourth-order valence-corrected chi connectivity index (χ4v) is 3.80. The van der Waals surface area contributed by atoms with Crippen molar-refractivity contribution in [2.24, 2.45) is 10.9 Å². The van der Waals surface area contributed by atoms with E-state index in [2.05, 4.69) is 43.8 Å². The third-order valence-electron chi connectivity index (χ3n) is 5.16. The molecule has 0 bridgehead atoms. The van der Waals surface area contributed by atoms with Crippen LogP contribution in [0.5, 0.6) is 0 Å². The zero-order valence-corrected chi connectivity index (χ0v) is 19.0. The van der Waals surface area contributed by atoms with Crippen LogP contribution in [-0.4, -0.2) is 84.6 Å². The second kappa shape index (κ2) is 11.6. The van der Waals surface area contributed by atoms with Gasteiger partial charge < -0.3 is 20.0 Å². The number of hydrogen-bond donors (Lipinski definition) is 1. The predicted molar refractivity (Wildman–Crippen MR) is 122 cm³/mol. The molecule has 8 heteroatoms. The van der Waals surface area contributed by atoms with Crippen LogP contribution in [0.25, 0.3) is 0 Å². The number of nitrogens with one attached hydrogen (secondary N) is 1. The first kappa shape index (κ1) is 22.1. The van der Waals surface area contributed by atoms with Gasteiger partial charge in [0.15, 0.2) is 5.96 Å². The molecule has 0 aromatic carbocycles. The monoisotopic (exact) mass is 487 g/mol. The Labute approximate surface area is 180 Å². The van der Waals surface area contributed by atoms with E-state index in [1.807, 2.05) is 18.5 Å². The van der Waals surface area contributed by atoms with E-state index in [0.29, 0.717) is 5.92 Å². The normalized spacial score (nSPS) is 21.3. The summed E-state index contributed by atoms with van der Waals surface area (Å²) in [5.41, 5.74) is 0. The first-order valence-electron chi connectivity index (χ1n) is 10.1. The number of likely N-dealkylation sites (tertiary alicyclic amines) is 1.